The molecule has 106 valence electrons. The summed E-state index contributed by atoms with van der Waals surface area (Å²) in [4.78, 5) is 2.58. The molecule has 0 amide bonds. The predicted molar refractivity (Wildman–Crippen MR) is 72.9 cm³/mol. The molecule has 2 fully saturated rings. The Morgan fingerprint density at radius 1 is 1.06 bits per heavy atom. The van der Waals surface area contributed by atoms with E-state index in [2.05, 4.69) is 31.1 Å². The molecule has 0 bridgehead atoms. The molecule has 0 aliphatic carbocycles. The van der Waals surface area contributed by atoms with Crippen LogP contribution in [0.2, 0.25) is 0 Å². The normalized spacial score (nSPS) is 26.2. The molecule has 0 aromatic carbocycles. The van der Waals surface area contributed by atoms with Crippen molar-refractivity contribution in [1.29, 1.82) is 0 Å². The molecule has 4 nitrogen and oxygen atoms in total. The molecule has 0 spiro atoms. The molecule has 18 heavy (non-hydrogen) atoms. The maximum atomic E-state index is 5.49. The summed E-state index contributed by atoms with van der Waals surface area (Å²) in [6.07, 6.45) is 2.36. The Morgan fingerprint density at radius 3 is 2.17 bits per heavy atom. The minimum atomic E-state index is 0.181. The lowest BCUT2D eigenvalue weighted by Crippen LogP contribution is -2.62. The van der Waals surface area contributed by atoms with E-state index < -0.39 is 0 Å². The third-order valence-corrected chi connectivity index (χ3v) is 4.64. The van der Waals surface area contributed by atoms with Gasteiger partial charge in [0.15, 0.2) is 0 Å². The van der Waals surface area contributed by atoms with Crippen molar-refractivity contribution in [3.63, 3.8) is 0 Å². The second-order valence-electron chi connectivity index (χ2n) is 5.97. The monoisotopic (exact) mass is 256 g/mol. The number of hydrogen-bond donors (Lipinski definition) is 1. The quantitative estimate of drug-likeness (QED) is 0.817. The van der Waals surface area contributed by atoms with Gasteiger partial charge in [-0.25, -0.2) is 0 Å². The second kappa shape index (κ2) is 6.33. The number of hydrogen-bond acceptors (Lipinski definition) is 4. The maximum Gasteiger partial charge on any atom is 0.0594 e. The van der Waals surface area contributed by atoms with E-state index in [-0.39, 0.29) is 5.54 Å². The van der Waals surface area contributed by atoms with Crippen molar-refractivity contribution in [3.8, 4) is 0 Å². The predicted octanol–water partition coefficient (Wildman–Crippen LogP) is 1.11. The van der Waals surface area contributed by atoms with Crippen LogP contribution < -0.4 is 5.32 Å². The molecular weight excluding hydrogens is 228 g/mol. The highest BCUT2D eigenvalue weighted by atomic mass is 16.5. The van der Waals surface area contributed by atoms with Crippen LogP contribution in [0.4, 0.5) is 0 Å². The molecule has 1 N–H and O–H groups in total. The summed E-state index contributed by atoms with van der Waals surface area (Å²) in [6, 6.07) is 0.527. The Balaban J connectivity index is 2.03. The van der Waals surface area contributed by atoms with Gasteiger partial charge in [-0.3, -0.25) is 4.90 Å². The van der Waals surface area contributed by atoms with Gasteiger partial charge in [0.1, 0.15) is 0 Å². The van der Waals surface area contributed by atoms with Gasteiger partial charge >= 0.3 is 0 Å². The van der Waals surface area contributed by atoms with Gasteiger partial charge in [-0.2, -0.15) is 0 Å². The molecule has 2 saturated heterocycles. The number of nitrogens with one attached hydrogen (secondary N) is 1. The van der Waals surface area contributed by atoms with Crippen LogP contribution in [-0.2, 0) is 9.47 Å². The van der Waals surface area contributed by atoms with Gasteiger partial charge in [-0.1, -0.05) is 0 Å². The van der Waals surface area contributed by atoms with Gasteiger partial charge < -0.3 is 14.8 Å². The topological polar surface area (TPSA) is 33.7 Å². The number of morpholine rings is 1. The van der Waals surface area contributed by atoms with E-state index in [9.17, 15) is 0 Å². The second-order valence-corrected chi connectivity index (χ2v) is 5.97. The fraction of sp³-hybridized carbons (Fsp3) is 1.00. The van der Waals surface area contributed by atoms with Crippen molar-refractivity contribution in [1.82, 2.24) is 10.2 Å². The van der Waals surface area contributed by atoms with Crippen molar-refractivity contribution in [3.05, 3.63) is 0 Å². The minimum absolute atomic E-state index is 0.181. The van der Waals surface area contributed by atoms with Crippen LogP contribution >= 0.6 is 0 Å². The molecule has 1 unspecified atom stereocenters. The largest absolute Gasteiger partial charge is 0.381 e. The zero-order valence-corrected chi connectivity index (χ0v) is 12.1. The summed E-state index contributed by atoms with van der Waals surface area (Å²) < 4.78 is 11.0. The Kier molecular flexibility index (Phi) is 5.01. The van der Waals surface area contributed by atoms with Gasteiger partial charge in [0.05, 0.1) is 13.2 Å². The molecule has 0 saturated carbocycles. The van der Waals surface area contributed by atoms with Crippen LogP contribution in [-0.4, -0.2) is 63.0 Å². The third-order valence-electron chi connectivity index (χ3n) is 4.64. The van der Waals surface area contributed by atoms with Crippen LogP contribution in [0.1, 0.15) is 26.7 Å². The standard InChI is InChI=1S/C14H28N2O2/c1-14(2,16-6-10-18-11-7-16)13(15-3)12-4-8-17-9-5-12/h12-13,15H,4-11H2,1-3H3. The SMILES string of the molecule is CNC(C1CCOCC1)C(C)(C)N1CCOCC1. The van der Waals surface area contributed by atoms with Gasteiger partial charge in [0.2, 0.25) is 0 Å². The number of nitrogens with zero attached hydrogens (tertiary/aromatic N) is 1. The lowest BCUT2D eigenvalue weighted by atomic mass is 9.79. The lowest BCUT2D eigenvalue weighted by Gasteiger charge is -2.49. The highest BCUT2D eigenvalue weighted by molar-refractivity contribution is 4.97. The Morgan fingerprint density at radius 2 is 1.61 bits per heavy atom. The molecule has 4 heteroatoms. The lowest BCUT2D eigenvalue weighted by molar-refractivity contribution is -0.0421. The first-order chi connectivity index (χ1) is 8.66. The Labute approximate surface area is 111 Å². The van der Waals surface area contributed by atoms with E-state index in [1.54, 1.807) is 0 Å². The zero-order valence-electron chi connectivity index (χ0n) is 12.1. The Hall–Kier alpha value is -0.160. The molecule has 1 atom stereocenters. The van der Waals surface area contributed by atoms with E-state index in [0.29, 0.717) is 6.04 Å². The number of likely N-dealkylation sites (N-methyl/N-ethyl adjacent to an activating group) is 1. The van der Waals surface area contributed by atoms with Crippen molar-refractivity contribution in [2.75, 3.05) is 46.6 Å². The minimum Gasteiger partial charge on any atom is -0.381 e. The van der Waals surface area contributed by atoms with Crippen LogP contribution in [0.15, 0.2) is 0 Å². The smallest absolute Gasteiger partial charge is 0.0594 e. The first-order valence-electron chi connectivity index (χ1n) is 7.24. The first kappa shape index (κ1) is 14.3. The molecule has 0 radical (unpaired) electrons. The average molecular weight is 256 g/mol. The first-order valence-corrected chi connectivity index (χ1v) is 7.24. The van der Waals surface area contributed by atoms with Crippen LogP contribution in [0, 0.1) is 5.92 Å². The fourth-order valence-corrected chi connectivity index (χ4v) is 3.55. The van der Waals surface area contributed by atoms with Crippen LogP contribution in [0.3, 0.4) is 0 Å². The average Bonchev–Trinajstić information content (AvgIpc) is 2.41. The summed E-state index contributed by atoms with van der Waals surface area (Å²) in [7, 11) is 2.10. The summed E-state index contributed by atoms with van der Waals surface area (Å²) >= 11 is 0. The molecule has 2 heterocycles. The Bertz CT molecular complexity index is 246. The van der Waals surface area contributed by atoms with E-state index in [0.717, 1.165) is 45.4 Å². The van der Waals surface area contributed by atoms with Crippen molar-refractivity contribution in [2.24, 2.45) is 5.92 Å². The highest BCUT2D eigenvalue weighted by Crippen LogP contribution is 2.30. The van der Waals surface area contributed by atoms with E-state index in [1.807, 2.05) is 0 Å². The van der Waals surface area contributed by atoms with Crippen LogP contribution in [0.25, 0.3) is 0 Å². The molecule has 2 aliphatic heterocycles. The molecule has 0 aromatic heterocycles. The van der Waals surface area contributed by atoms with E-state index in [4.69, 9.17) is 9.47 Å². The summed E-state index contributed by atoms with van der Waals surface area (Å²) in [5.41, 5.74) is 0.181. The van der Waals surface area contributed by atoms with Gasteiger partial charge in [-0.15, -0.1) is 0 Å². The fourth-order valence-electron chi connectivity index (χ4n) is 3.55. The molecule has 2 aliphatic rings. The maximum absolute atomic E-state index is 5.49. The van der Waals surface area contributed by atoms with Gasteiger partial charge in [-0.05, 0) is 39.7 Å². The van der Waals surface area contributed by atoms with Gasteiger partial charge in [0.25, 0.3) is 0 Å². The summed E-state index contributed by atoms with van der Waals surface area (Å²) in [6.45, 7) is 10.4. The third kappa shape index (κ3) is 3.05. The summed E-state index contributed by atoms with van der Waals surface area (Å²) in [5, 5.41) is 3.57. The molecular formula is C14H28N2O2. The van der Waals surface area contributed by atoms with Crippen molar-refractivity contribution in [2.45, 2.75) is 38.3 Å². The number of ether oxygens (including phenoxy) is 2. The summed E-state index contributed by atoms with van der Waals surface area (Å²) in [5.74, 6) is 0.724. The zero-order chi connectivity index (χ0) is 13.0. The van der Waals surface area contributed by atoms with Gasteiger partial charge in [0, 0.05) is 37.9 Å². The van der Waals surface area contributed by atoms with Crippen molar-refractivity contribution < 1.29 is 9.47 Å². The molecule has 0 aromatic rings. The van der Waals surface area contributed by atoms with E-state index >= 15 is 0 Å². The highest BCUT2D eigenvalue weighted by Gasteiger charge is 2.39. The van der Waals surface area contributed by atoms with Crippen LogP contribution in [0.5, 0.6) is 0 Å². The number of rotatable bonds is 4. The van der Waals surface area contributed by atoms with Crippen molar-refractivity contribution >= 4 is 0 Å². The molecule has 2 rings (SSSR count). The van der Waals surface area contributed by atoms with E-state index in [1.165, 1.54) is 12.8 Å².